The van der Waals surface area contributed by atoms with E-state index in [4.69, 9.17) is 23.2 Å². The van der Waals surface area contributed by atoms with Gasteiger partial charge in [0, 0.05) is 10.0 Å². The minimum absolute atomic E-state index is 0.130. The predicted molar refractivity (Wildman–Crippen MR) is 96.6 cm³/mol. The molecule has 2 aliphatic rings. The summed E-state index contributed by atoms with van der Waals surface area (Å²) in [5.74, 6) is -0.212. The van der Waals surface area contributed by atoms with Gasteiger partial charge >= 0.3 is 6.03 Å². The summed E-state index contributed by atoms with van der Waals surface area (Å²) in [4.78, 5) is 27.0. The van der Waals surface area contributed by atoms with Crippen molar-refractivity contribution in [3.05, 3.63) is 69.2 Å². The highest BCUT2D eigenvalue weighted by Crippen LogP contribution is 2.40. The van der Waals surface area contributed by atoms with E-state index in [1.54, 1.807) is 18.2 Å². The number of benzene rings is 2. The second-order valence-electron chi connectivity index (χ2n) is 6.47. The Morgan fingerprint density at radius 1 is 1.12 bits per heavy atom. The number of urea groups is 1. The van der Waals surface area contributed by atoms with Gasteiger partial charge in [-0.05, 0) is 48.1 Å². The van der Waals surface area contributed by atoms with E-state index in [-0.39, 0.29) is 18.5 Å². The van der Waals surface area contributed by atoms with E-state index in [0.29, 0.717) is 22.0 Å². The summed E-state index contributed by atoms with van der Waals surface area (Å²) in [5, 5.41) is 3.90. The number of fused-ring (bicyclic) bond motifs is 2. The molecular weight excluding hydrogens is 359 g/mol. The summed E-state index contributed by atoms with van der Waals surface area (Å²) in [6.07, 6.45) is 2.39. The normalized spacial score (nSPS) is 22.2. The van der Waals surface area contributed by atoms with E-state index in [0.717, 1.165) is 24.0 Å². The molecule has 2 aromatic carbocycles. The molecule has 1 heterocycles. The number of hydrogen-bond acceptors (Lipinski definition) is 2. The fourth-order valence-corrected chi connectivity index (χ4v) is 4.24. The molecule has 0 bridgehead atoms. The maximum Gasteiger partial charge on any atom is 0.325 e. The Morgan fingerprint density at radius 3 is 2.72 bits per heavy atom. The van der Waals surface area contributed by atoms with Crippen molar-refractivity contribution in [2.24, 2.45) is 0 Å². The van der Waals surface area contributed by atoms with Gasteiger partial charge in [0.1, 0.15) is 5.54 Å². The number of carbonyl (C=O) groups excluding carboxylic acids is 2. The van der Waals surface area contributed by atoms with Crippen molar-refractivity contribution in [2.75, 3.05) is 0 Å². The van der Waals surface area contributed by atoms with Crippen LogP contribution in [0.15, 0.2) is 42.5 Å². The first-order valence-electron chi connectivity index (χ1n) is 8.18. The van der Waals surface area contributed by atoms with Crippen LogP contribution < -0.4 is 5.32 Å². The Hall–Kier alpha value is -2.04. The molecule has 1 unspecified atom stereocenters. The number of carbonyl (C=O) groups is 2. The van der Waals surface area contributed by atoms with Crippen LogP contribution in [0.2, 0.25) is 10.0 Å². The second-order valence-corrected chi connectivity index (χ2v) is 7.32. The van der Waals surface area contributed by atoms with Crippen LogP contribution in [0.25, 0.3) is 0 Å². The highest BCUT2D eigenvalue weighted by molar-refractivity contribution is 6.35. The third-order valence-electron chi connectivity index (χ3n) is 4.99. The summed E-state index contributed by atoms with van der Waals surface area (Å²) >= 11 is 12.1. The average Bonchev–Trinajstić information content (AvgIpc) is 2.82. The highest BCUT2D eigenvalue weighted by Gasteiger charge is 2.53. The van der Waals surface area contributed by atoms with Crippen molar-refractivity contribution in [3.8, 4) is 0 Å². The third-order valence-corrected chi connectivity index (χ3v) is 5.58. The molecule has 1 aliphatic carbocycles. The monoisotopic (exact) mass is 374 g/mol. The molecule has 2 aromatic rings. The maximum atomic E-state index is 13.2. The molecule has 1 atom stereocenters. The molecular formula is C19H16Cl2N2O2. The molecule has 1 N–H and O–H groups in total. The van der Waals surface area contributed by atoms with E-state index in [1.807, 2.05) is 24.3 Å². The zero-order valence-electron chi connectivity index (χ0n) is 13.4. The van der Waals surface area contributed by atoms with Crippen LogP contribution in [0.4, 0.5) is 4.79 Å². The third kappa shape index (κ3) is 2.60. The molecule has 1 fully saturated rings. The van der Waals surface area contributed by atoms with E-state index in [2.05, 4.69) is 5.32 Å². The number of amides is 3. The van der Waals surface area contributed by atoms with Gasteiger partial charge in [0.15, 0.2) is 0 Å². The number of nitrogens with one attached hydrogen (secondary N) is 1. The lowest BCUT2D eigenvalue weighted by Gasteiger charge is -2.33. The number of rotatable bonds is 2. The smallest absolute Gasteiger partial charge is 0.319 e. The summed E-state index contributed by atoms with van der Waals surface area (Å²) in [5.41, 5.74) is 1.76. The van der Waals surface area contributed by atoms with Crippen molar-refractivity contribution >= 4 is 35.1 Å². The Morgan fingerprint density at radius 2 is 1.92 bits per heavy atom. The average molecular weight is 375 g/mol. The zero-order chi connectivity index (χ0) is 17.6. The Bertz CT molecular complexity index is 883. The van der Waals surface area contributed by atoms with Crippen LogP contribution in [-0.2, 0) is 23.3 Å². The lowest BCUT2D eigenvalue weighted by molar-refractivity contribution is -0.132. The van der Waals surface area contributed by atoms with Gasteiger partial charge < -0.3 is 5.32 Å². The minimum Gasteiger partial charge on any atom is -0.319 e. The van der Waals surface area contributed by atoms with Crippen molar-refractivity contribution in [3.63, 3.8) is 0 Å². The molecule has 128 valence electrons. The van der Waals surface area contributed by atoms with Gasteiger partial charge in [-0.2, -0.15) is 0 Å². The van der Waals surface area contributed by atoms with Crippen LogP contribution in [-0.4, -0.2) is 16.8 Å². The molecule has 6 heteroatoms. The largest absolute Gasteiger partial charge is 0.325 e. The van der Waals surface area contributed by atoms with Crippen molar-refractivity contribution in [1.82, 2.24) is 10.2 Å². The first kappa shape index (κ1) is 16.4. The van der Waals surface area contributed by atoms with Crippen LogP contribution in [0.1, 0.15) is 29.5 Å². The predicted octanol–water partition coefficient (Wildman–Crippen LogP) is 4.28. The van der Waals surface area contributed by atoms with Crippen molar-refractivity contribution in [2.45, 2.75) is 31.3 Å². The van der Waals surface area contributed by atoms with Gasteiger partial charge in [0.25, 0.3) is 5.91 Å². The Kier molecular flexibility index (Phi) is 3.97. The highest BCUT2D eigenvalue weighted by atomic mass is 35.5. The second kappa shape index (κ2) is 6.04. The fourth-order valence-electron chi connectivity index (χ4n) is 3.78. The number of hydrogen-bond donors (Lipinski definition) is 1. The van der Waals surface area contributed by atoms with Crippen LogP contribution in [0.3, 0.4) is 0 Å². The Labute approximate surface area is 155 Å². The molecule has 0 saturated carbocycles. The SMILES string of the molecule is O=C1NC2(CCCc3ccccc32)C(=O)N1Cc1ccc(Cl)cc1Cl. The number of imide groups is 1. The molecule has 4 nitrogen and oxygen atoms in total. The first-order chi connectivity index (χ1) is 12.0. The number of aryl methyl sites for hydroxylation is 1. The summed E-state index contributed by atoms with van der Waals surface area (Å²) in [7, 11) is 0. The lowest BCUT2D eigenvalue weighted by Crippen LogP contribution is -2.46. The zero-order valence-corrected chi connectivity index (χ0v) is 14.9. The van der Waals surface area contributed by atoms with Gasteiger partial charge in [0.05, 0.1) is 6.54 Å². The minimum atomic E-state index is -0.954. The summed E-state index contributed by atoms with van der Waals surface area (Å²) in [6.45, 7) is 0.130. The van der Waals surface area contributed by atoms with Crippen LogP contribution in [0, 0.1) is 0 Å². The maximum absolute atomic E-state index is 13.2. The van der Waals surface area contributed by atoms with E-state index < -0.39 is 5.54 Å². The van der Waals surface area contributed by atoms with Crippen molar-refractivity contribution in [1.29, 1.82) is 0 Å². The van der Waals surface area contributed by atoms with Gasteiger partial charge in [-0.3, -0.25) is 9.69 Å². The first-order valence-corrected chi connectivity index (χ1v) is 8.93. The standard InChI is InChI=1S/C19H16Cl2N2O2/c20-14-8-7-13(16(21)10-14)11-23-17(24)19(22-18(23)25)9-3-5-12-4-1-2-6-15(12)19/h1-2,4,6-8,10H,3,5,9,11H2,(H,22,25). The van der Waals surface area contributed by atoms with Crippen LogP contribution >= 0.6 is 23.2 Å². The van der Waals surface area contributed by atoms with E-state index >= 15 is 0 Å². The molecule has 3 amide bonds. The molecule has 1 spiro atoms. The van der Waals surface area contributed by atoms with Crippen molar-refractivity contribution < 1.29 is 9.59 Å². The van der Waals surface area contributed by atoms with Crippen LogP contribution in [0.5, 0.6) is 0 Å². The molecule has 4 rings (SSSR count). The fraction of sp³-hybridized carbons (Fsp3) is 0.263. The van der Waals surface area contributed by atoms with E-state index in [9.17, 15) is 9.59 Å². The molecule has 1 saturated heterocycles. The molecule has 1 aliphatic heterocycles. The Balaban J connectivity index is 1.70. The topological polar surface area (TPSA) is 49.4 Å². The van der Waals surface area contributed by atoms with Gasteiger partial charge in [-0.15, -0.1) is 0 Å². The molecule has 25 heavy (non-hydrogen) atoms. The quantitative estimate of drug-likeness (QED) is 0.797. The molecule has 0 aromatic heterocycles. The van der Waals surface area contributed by atoms with E-state index in [1.165, 1.54) is 4.90 Å². The molecule has 0 radical (unpaired) electrons. The number of nitrogens with zero attached hydrogens (tertiary/aromatic N) is 1. The lowest BCUT2D eigenvalue weighted by atomic mass is 9.76. The van der Waals surface area contributed by atoms with Gasteiger partial charge in [0.2, 0.25) is 0 Å². The summed E-state index contributed by atoms with van der Waals surface area (Å²) < 4.78 is 0. The van der Waals surface area contributed by atoms with Gasteiger partial charge in [-0.1, -0.05) is 53.5 Å². The summed E-state index contributed by atoms with van der Waals surface area (Å²) in [6, 6.07) is 12.5. The number of halogens is 2. The van der Waals surface area contributed by atoms with Gasteiger partial charge in [-0.25, -0.2) is 4.79 Å².